The molecule has 5 heteroatoms. The molecule has 3 nitrogen and oxygen atoms in total. The molecule has 0 aromatic heterocycles. The normalized spacial score (nSPS) is 16.6. The fourth-order valence-electron chi connectivity index (χ4n) is 1.25. The van der Waals surface area contributed by atoms with Crippen molar-refractivity contribution in [2.75, 3.05) is 0 Å². The highest BCUT2D eigenvalue weighted by Crippen LogP contribution is 2.26. The molecule has 3 N–H and O–H groups in total. The maximum Gasteiger partial charge on any atom is 0.143 e. The van der Waals surface area contributed by atoms with Crippen LogP contribution in [0.2, 0.25) is 5.02 Å². The van der Waals surface area contributed by atoms with Crippen molar-refractivity contribution >= 4 is 33.4 Å². The first-order valence-corrected chi connectivity index (χ1v) is 5.87. The Bertz CT molecular complexity index is 402. The lowest BCUT2D eigenvalue weighted by Crippen LogP contribution is -2.31. The number of aliphatic imine (C=N–C) groups is 1. The van der Waals surface area contributed by atoms with Gasteiger partial charge in [0.1, 0.15) is 5.84 Å². The summed E-state index contributed by atoms with van der Waals surface area (Å²) in [6, 6.07) is 5.98. The summed E-state index contributed by atoms with van der Waals surface area (Å²) in [4.78, 5) is 4.47. The Hall–Kier alpha value is -0.580. The lowest BCUT2D eigenvalue weighted by atomic mass is 10.2. The zero-order valence-electron chi connectivity index (χ0n) is 8.00. The summed E-state index contributed by atoms with van der Waals surface area (Å²) >= 11 is 9.30. The lowest BCUT2D eigenvalue weighted by molar-refractivity contribution is 0.970. The van der Waals surface area contributed by atoms with Crippen molar-refractivity contribution < 1.29 is 0 Å². The molecule has 1 saturated carbocycles. The smallest absolute Gasteiger partial charge is 0.143 e. The Morgan fingerprint density at radius 3 is 2.80 bits per heavy atom. The van der Waals surface area contributed by atoms with E-state index in [4.69, 9.17) is 17.4 Å². The minimum atomic E-state index is 0.429. The maximum atomic E-state index is 5.86. The van der Waals surface area contributed by atoms with Gasteiger partial charge in [0.05, 0.1) is 6.04 Å². The van der Waals surface area contributed by atoms with Gasteiger partial charge in [-0.05, 0) is 47.0 Å². The number of hydrazine groups is 1. The van der Waals surface area contributed by atoms with Gasteiger partial charge >= 0.3 is 0 Å². The third kappa shape index (κ3) is 2.71. The largest absolute Gasteiger partial charge is 0.308 e. The molecule has 0 amide bonds. The van der Waals surface area contributed by atoms with Gasteiger partial charge < -0.3 is 5.43 Å². The summed E-state index contributed by atoms with van der Waals surface area (Å²) in [5, 5.41) is 0.688. The third-order valence-corrected chi connectivity index (χ3v) is 3.07. The van der Waals surface area contributed by atoms with E-state index in [0.717, 1.165) is 22.9 Å². The average Bonchev–Trinajstić information content (AvgIpc) is 2.99. The van der Waals surface area contributed by atoms with Gasteiger partial charge in [0, 0.05) is 15.1 Å². The highest BCUT2D eigenvalue weighted by molar-refractivity contribution is 9.10. The van der Waals surface area contributed by atoms with Crippen LogP contribution in [0.25, 0.3) is 0 Å². The van der Waals surface area contributed by atoms with Crippen molar-refractivity contribution in [1.82, 2.24) is 5.43 Å². The Morgan fingerprint density at radius 1 is 1.53 bits per heavy atom. The van der Waals surface area contributed by atoms with Crippen LogP contribution in [0.1, 0.15) is 18.4 Å². The van der Waals surface area contributed by atoms with Crippen LogP contribution >= 0.6 is 27.5 Å². The second-order valence-electron chi connectivity index (χ2n) is 3.48. The minimum absolute atomic E-state index is 0.429. The molecule has 0 bridgehead atoms. The molecule has 0 atom stereocenters. The fourth-order valence-corrected chi connectivity index (χ4v) is 2.12. The second kappa shape index (κ2) is 4.51. The lowest BCUT2D eigenvalue weighted by Gasteiger charge is -2.08. The van der Waals surface area contributed by atoms with Crippen molar-refractivity contribution in [2.45, 2.75) is 18.9 Å². The standard InChI is InChI=1S/C10H11BrClN3/c11-9-5-6(12)1-4-8(9)10(15-13)14-7-2-3-7/h1,4-5,7H,2-3,13H2,(H,14,15). The molecule has 0 saturated heterocycles. The third-order valence-electron chi connectivity index (χ3n) is 2.18. The number of benzene rings is 1. The molecule has 1 aromatic rings. The van der Waals surface area contributed by atoms with Gasteiger partial charge in [0.2, 0.25) is 0 Å². The van der Waals surface area contributed by atoms with Gasteiger partial charge in [-0.15, -0.1) is 0 Å². The molecule has 1 aliphatic rings. The van der Waals surface area contributed by atoms with Crippen LogP contribution in [0, 0.1) is 0 Å². The van der Waals surface area contributed by atoms with Gasteiger partial charge in [0.15, 0.2) is 0 Å². The topological polar surface area (TPSA) is 50.4 Å². The van der Waals surface area contributed by atoms with Crippen molar-refractivity contribution in [2.24, 2.45) is 10.8 Å². The predicted molar refractivity (Wildman–Crippen MR) is 66.0 cm³/mol. The first kappa shape index (κ1) is 10.9. The number of nitrogens with two attached hydrogens (primary N) is 1. The Kier molecular flexibility index (Phi) is 3.29. The maximum absolute atomic E-state index is 5.86. The number of nitrogens with one attached hydrogen (secondary N) is 1. The molecule has 2 rings (SSSR count). The van der Waals surface area contributed by atoms with Crippen LogP contribution in [0.15, 0.2) is 27.7 Å². The molecule has 1 aromatic carbocycles. The Balaban J connectivity index is 2.33. The summed E-state index contributed by atoms with van der Waals surface area (Å²) in [6.45, 7) is 0. The number of rotatable bonds is 2. The average molecular weight is 289 g/mol. The molecule has 0 aliphatic heterocycles. The number of hydrogen-bond donors (Lipinski definition) is 2. The molecular weight excluding hydrogens is 277 g/mol. The Labute approximate surface area is 102 Å². The summed E-state index contributed by atoms with van der Waals surface area (Å²) in [6.07, 6.45) is 2.30. The fraction of sp³-hybridized carbons (Fsp3) is 0.300. The summed E-state index contributed by atoms with van der Waals surface area (Å²) < 4.78 is 0.896. The summed E-state index contributed by atoms with van der Waals surface area (Å²) in [5.74, 6) is 6.16. The van der Waals surface area contributed by atoms with Crippen LogP contribution in [-0.2, 0) is 0 Å². The van der Waals surface area contributed by atoms with Gasteiger partial charge in [-0.2, -0.15) is 0 Å². The second-order valence-corrected chi connectivity index (χ2v) is 4.77. The number of hydrogen-bond acceptors (Lipinski definition) is 2. The zero-order valence-corrected chi connectivity index (χ0v) is 10.3. The van der Waals surface area contributed by atoms with Crippen molar-refractivity contribution in [1.29, 1.82) is 0 Å². The summed E-state index contributed by atoms with van der Waals surface area (Å²) in [7, 11) is 0. The van der Waals surface area contributed by atoms with Gasteiger partial charge in [0.25, 0.3) is 0 Å². The summed E-state index contributed by atoms with van der Waals surface area (Å²) in [5.41, 5.74) is 3.57. The molecule has 1 fully saturated rings. The Morgan fingerprint density at radius 2 is 2.27 bits per heavy atom. The van der Waals surface area contributed by atoms with E-state index in [2.05, 4.69) is 26.3 Å². The highest BCUT2D eigenvalue weighted by Gasteiger charge is 2.21. The van der Waals surface area contributed by atoms with Crippen LogP contribution in [-0.4, -0.2) is 11.9 Å². The molecular formula is C10H11BrClN3. The molecule has 0 radical (unpaired) electrons. The molecule has 0 unspecified atom stereocenters. The molecule has 1 aliphatic carbocycles. The van der Waals surface area contributed by atoms with E-state index >= 15 is 0 Å². The highest BCUT2D eigenvalue weighted by atomic mass is 79.9. The van der Waals surface area contributed by atoms with E-state index < -0.39 is 0 Å². The minimum Gasteiger partial charge on any atom is -0.308 e. The predicted octanol–water partition coefficient (Wildman–Crippen LogP) is 2.47. The van der Waals surface area contributed by atoms with E-state index in [9.17, 15) is 0 Å². The molecule has 0 spiro atoms. The van der Waals surface area contributed by atoms with Crippen LogP contribution in [0.4, 0.5) is 0 Å². The first-order valence-electron chi connectivity index (χ1n) is 4.70. The number of nitrogens with zero attached hydrogens (tertiary/aromatic N) is 1. The van der Waals surface area contributed by atoms with Crippen molar-refractivity contribution in [3.8, 4) is 0 Å². The van der Waals surface area contributed by atoms with Gasteiger partial charge in [-0.25, -0.2) is 5.84 Å². The number of halogens is 2. The quantitative estimate of drug-likeness (QED) is 0.380. The SMILES string of the molecule is NNC(=NC1CC1)c1ccc(Cl)cc1Br. The van der Waals surface area contributed by atoms with Gasteiger partial charge in [-0.1, -0.05) is 11.6 Å². The van der Waals surface area contributed by atoms with E-state index in [-0.39, 0.29) is 0 Å². The number of amidine groups is 1. The van der Waals surface area contributed by atoms with E-state index in [0.29, 0.717) is 16.9 Å². The first-order chi connectivity index (χ1) is 7.20. The van der Waals surface area contributed by atoms with Crippen LogP contribution in [0.5, 0.6) is 0 Å². The van der Waals surface area contributed by atoms with E-state index in [1.807, 2.05) is 18.2 Å². The van der Waals surface area contributed by atoms with Crippen molar-refractivity contribution in [3.05, 3.63) is 33.3 Å². The molecule has 15 heavy (non-hydrogen) atoms. The van der Waals surface area contributed by atoms with Gasteiger partial charge in [-0.3, -0.25) is 4.99 Å². The van der Waals surface area contributed by atoms with Crippen LogP contribution < -0.4 is 11.3 Å². The molecule has 0 heterocycles. The van der Waals surface area contributed by atoms with E-state index in [1.165, 1.54) is 0 Å². The van der Waals surface area contributed by atoms with Crippen LogP contribution in [0.3, 0.4) is 0 Å². The monoisotopic (exact) mass is 287 g/mol. The zero-order chi connectivity index (χ0) is 10.8. The molecule has 80 valence electrons. The van der Waals surface area contributed by atoms with Crippen molar-refractivity contribution in [3.63, 3.8) is 0 Å². The van der Waals surface area contributed by atoms with E-state index in [1.54, 1.807) is 0 Å².